The maximum atomic E-state index is 9.96. The fraction of sp³-hybridized carbons (Fsp3) is 0.222. The van der Waals surface area contributed by atoms with Crippen molar-refractivity contribution >= 4 is 6.29 Å². The summed E-state index contributed by atoms with van der Waals surface area (Å²) in [5, 5.41) is 18.1. The number of phenolic OH excluding ortho intramolecular Hbond substituents is 1. The summed E-state index contributed by atoms with van der Waals surface area (Å²) in [7, 11) is 0. The maximum Gasteiger partial charge on any atom is 0.229 e. The minimum Gasteiger partial charge on any atom is -0.508 e. The molecule has 1 unspecified atom stereocenters. The van der Waals surface area contributed by atoms with Crippen LogP contribution in [0.1, 0.15) is 5.56 Å². The number of phenols is 1. The SMILES string of the molecule is O=[C]C(O)Cc1ccccc1O. The van der Waals surface area contributed by atoms with E-state index in [0.717, 1.165) is 0 Å². The Morgan fingerprint density at radius 2 is 2.08 bits per heavy atom. The third-order valence-electron chi connectivity index (χ3n) is 1.54. The van der Waals surface area contributed by atoms with Gasteiger partial charge in [0.25, 0.3) is 0 Å². The van der Waals surface area contributed by atoms with Gasteiger partial charge in [0.05, 0.1) is 0 Å². The van der Waals surface area contributed by atoms with Crippen LogP contribution in [-0.2, 0) is 11.2 Å². The number of aromatic hydroxyl groups is 1. The molecule has 2 N–H and O–H groups in total. The molecule has 3 nitrogen and oxygen atoms in total. The first-order valence-corrected chi connectivity index (χ1v) is 3.56. The van der Waals surface area contributed by atoms with E-state index >= 15 is 0 Å². The zero-order valence-corrected chi connectivity index (χ0v) is 6.40. The van der Waals surface area contributed by atoms with Crippen LogP contribution >= 0.6 is 0 Å². The van der Waals surface area contributed by atoms with Crippen LogP contribution in [0.4, 0.5) is 0 Å². The minimum absolute atomic E-state index is 0.0896. The predicted octanol–water partition coefficient (Wildman–Crippen LogP) is 0.405. The Bertz CT molecular complexity index is 270. The van der Waals surface area contributed by atoms with E-state index in [1.54, 1.807) is 18.2 Å². The summed E-state index contributed by atoms with van der Waals surface area (Å²) >= 11 is 0. The molecule has 0 saturated heterocycles. The van der Waals surface area contributed by atoms with Gasteiger partial charge in [0, 0.05) is 6.42 Å². The van der Waals surface area contributed by atoms with Gasteiger partial charge in [0.15, 0.2) is 0 Å². The number of aliphatic hydroxyl groups excluding tert-OH is 1. The lowest BCUT2D eigenvalue weighted by Gasteiger charge is -2.03. The lowest BCUT2D eigenvalue weighted by molar-refractivity contribution is 0.233. The molecule has 0 fully saturated rings. The van der Waals surface area contributed by atoms with Crippen molar-refractivity contribution in [1.29, 1.82) is 0 Å². The monoisotopic (exact) mass is 165 g/mol. The number of para-hydroxylation sites is 1. The van der Waals surface area contributed by atoms with Gasteiger partial charge in [0.2, 0.25) is 6.29 Å². The van der Waals surface area contributed by atoms with Crippen LogP contribution in [0.3, 0.4) is 0 Å². The van der Waals surface area contributed by atoms with Crippen molar-refractivity contribution in [2.75, 3.05) is 0 Å². The number of benzene rings is 1. The molecule has 0 spiro atoms. The molecular weight excluding hydrogens is 156 g/mol. The normalized spacial score (nSPS) is 12.4. The topological polar surface area (TPSA) is 57.5 Å². The molecule has 0 amide bonds. The number of rotatable bonds is 3. The quantitative estimate of drug-likeness (QED) is 0.681. The fourth-order valence-electron chi connectivity index (χ4n) is 0.933. The van der Waals surface area contributed by atoms with E-state index in [0.29, 0.717) is 5.56 Å². The predicted molar refractivity (Wildman–Crippen MR) is 43.5 cm³/mol. The molecule has 0 aliphatic carbocycles. The first-order valence-electron chi connectivity index (χ1n) is 3.56. The van der Waals surface area contributed by atoms with E-state index < -0.39 is 6.10 Å². The highest BCUT2D eigenvalue weighted by atomic mass is 16.3. The maximum absolute atomic E-state index is 9.96. The molecule has 0 bridgehead atoms. The molecule has 1 atom stereocenters. The van der Waals surface area contributed by atoms with Crippen LogP contribution in [0.25, 0.3) is 0 Å². The van der Waals surface area contributed by atoms with Crippen molar-refractivity contribution in [3.05, 3.63) is 29.8 Å². The molecule has 1 radical (unpaired) electrons. The van der Waals surface area contributed by atoms with Crippen LogP contribution in [-0.4, -0.2) is 22.6 Å². The smallest absolute Gasteiger partial charge is 0.229 e. The van der Waals surface area contributed by atoms with E-state index in [1.807, 2.05) is 0 Å². The second kappa shape index (κ2) is 3.88. The van der Waals surface area contributed by atoms with Crippen LogP contribution in [0, 0.1) is 0 Å². The zero-order chi connectivity index (χ0) is 8.97. The van der Waals surface area contributed by atoms with E-state index in [1.165, 1.54) is 12.4 Å². The summed E-state index contributed by atoms with van der Waals surface area (Å²) in [5.41, 5.74) is 0.549. The molecule has 0 aliphatic rings. The molecular formula is C9H9O3. The first kappa shape index (κ1) is 8.74. The molecule has 1 aromatic rings. The van der Waals surface area contributed by atoms with Gasteiger partial charge in [-0.15, -0.1) is 0 Å². The van der Waals surface area contributed by atoms with Crippen molar-refractivity contribution in [1.82, 2.24) is 0 Å². The number of aliphatic hydroxyl groups is 1. The Hall–Kier alpha value is -1.35. The first-order chi connectivity index (χ1) is 5.74. The molecule has 0 aliphatic heterocycles. The Morgan fingerprint density at radius 1 is 1.42 bits per heavy atom. The third-order valence-corrected chi connectivity index (χ3v) is 1.54. The van der Waals surface area contributed by atoms with Crippen LogP contribution < -0.4 is 0 Å². The van der Waals surface area contributed by atoms with Gasteiger partial charge in [-0.3, -0.25) is 4.79 Å². The zero-order valence-electron chi connectivity index (χ0n) is 6.40. The van der Waals surface area contributed by atoms with Crippen molar-refractivity contribution in [3.8, 4) is 5.75 Å². The number of carbonyl (C=O) groups excluding carboxylic acids is 1. The minimum atomic E-state index is -1.15. The Labute approximate surface area is 70.3 Å². The van der Waals surface area contributed by atoms with Gasteiger partial charge in [-0.25, -0.2) is 0 Å². The molecule has 1 aromatic carbocycles. The summed E-state index contributed by atoms with van der Waals surface area (Å²) in [6.45, 7) is 0. The second-order valence-electron chi connectivity index (χ2n) is 2.47. The van der Waals surface area contributed by atoms with Crippen LogP contribution in [0.2, 0.25) is 0 Å². The van der Waals surface area contributed by atoms with Gasteiger partial charge in [-0.1, -0.05) is 18.2 Å². The average Bonchev–Trinajstić information content (AvgIpc) is 2.09. The standard InChI is InChI=1S/C9H9O3/c10-6-8(11)5-7-3-1-2-4-9(7)12/h1-4,8,11-12H,5H2. The molecule has 63 valence electrons. The van der Waals surface area contributed by atoms with Crippen molar-refractivity contribution in [2.24, 2.45) is 0 Å². The van der Waals surface area contributed by atoms with Gasteiger partial charge >= 0.3 is 0 Å². The van der Waals surface area contributed by atoms with E-state index in [9.17, 15) is 9.90 Å². The summed E-state index contributed by atoms with van der Waals surface area (Å²) in [4.78, 5) is 9.96. The molecule has 12 heavy (non-hydrogen) atoms. The summed E-state index contributed by atoms with van der Waals surface area (Å²) in [6.07, 6.45) is 0.388. The van der Waals surface area contributed by atoms with Gasteiger partial charge in [-0.2, -0.15) is 0 Å². The molecule has 1 rings (SSSR count). The molecule has 3 heteroatoms. The van der Waals surface area contributed by atoms with Gasteiger partial charge in [-0.05, 0) is 11.6 Å². The van der Waals surface area contributed by atoms with Crippen molar-refractivity contribution < 1.29 is 15.0 Å². The lowest BCUT2D eigenvalue weighted by atomic mass is 10.1. The molecule has 0 aromatic heterocycles. The summed E-state index contributed by atoms with van der Waals surface area (Å²) < 4.78 is 0. The number of hydrogen-bond acceptors (Lipinski definition) is 3. The van der Waals surface area contributed by atoms with Crippen LogP contribution in [0.5, 0.6) is 5.75 Å². The van der Waals surface area contributed by atoms with Gasteiger partial charge in [0.1, 0.15) is 11.9 Å². The molecule has 0 heterocycles. The fourth-order valence-corrected chi connectivity index (χ4v) is 0.933. The average molecular weight is 165 g/mol. The highest BCUT2D eigenvalue weighted by Gasteiger charge is 2.07. The third kappa shape index (κ3) is 2.07. The Kier molecular flexibility index (Phi) is 2.82. The Morgan fingerprint density at radius 3 is 2.67 bits per heavy atom. The highest BCUT2D eigenvalue weighted by molar-refractivity contribution is 5.57. The van der Waals surface area contributed by atoms with Crippen molar-refractivity contribution in [3.63, 3.8) is 0 Å². The van der Waals surface area contributed by atoms with Gasteiger partial charge < -0.3 is 10.2 Å². The largest absolute Gasteiger partial charge is 0.508 e. The summed E-state index contributed by atoms with van der Waals surface area (Å²) in [5.74, 6) is 0.0896. The lowest BCUT2D eigenvalue weighted by Crippen LogP contribution is -2.11. The number of hydrogen-bond donors (Lipinski definition) is 2. The van der Waals surface area contributed by atoms with E-state index in [4.69, 9.17) is 5.11 Å². The van der Waals surface area contributed by atoms with Crippen LogP contribution in [0.15, 0.2) is 24.3 Å². The van der Waals surface area contributed by atoms with E-state index in [2.05, 4.69) is 0 Å². The highest BCUT2D eigenvalue weighted by Crippen LogP contribution is 2.16. The Balaban J connectivity index is 2.75. The van der Waals surface area contributed by atoms with Crippen molar-refractivity contribution in [2.45, 2.75) is 12.5 Å². The summed E-state index contributed by atoms with van der Waals surface area (Å²) in [6, 6.07) is 6.56. The van der Waals surface area contributed by atoms with E-state index in [-0.39, 0.29) is 12.2 Å². The molecule has 0 saturated carbocycles. The second-order valence-corrected chi connectivity index (χ2v) is 2.47.